The number of nitrogens with two attached hydrogens (primary N) is 1. The predicted octanol–water partition coefficient (Wildman–Crippen LogP) is 2.15. The first-order valence-electron chi connectivity index (χ1n) is 4.63. The van der Waals surface area contributed by atoms with Gasteiger partial charge in [-0.2, -0.15) is 5.10 Å². The maximum atomic E-state index is 13.4. The lowest BCUT2D eigenvalue weighted by Gasteiger charge is -2.05. The van der Waals surface area contributed by atoms with E-state index in [1.807, 2.05) is 0 Å². The summed E-state index contributed by atoms with van der Waals surface area (Å²) < 4.78 is 14.0. The minimum atomic E-state index is -0.519. The zero-order valence-corrected chi connectivity index (χ0v) is 10.1. The Morgan fingerprint density at radius 1 is 1.47 bits per heavy atom. The van der Waals surface area contributed by atoms with Crippen LogP contribution in [-0.4, -0.2) is 16.1 Å². The molecule has 0 aliphatic heterocycles. The van der Waals surface area contributed by atoms with E-state index in [0.29, 0.717) is 4.47 Å². The molecule has 5 nitrogen and oxygen atoms in total. The summed E-state index contributed by atoms with van der Waals surface area (Å²) >= 11 is 3.19. The first-order chi connectivity index (χ1) is 8.06. The highest BCUT2D eigenvalue weighted by molar-refractivity contribution is 9.10. The molecule has 88 valence electrons. The second kappa shape index (κ2) is 4.54. The number of H-pyrrole nitrogens is 1. The van der Waals surface area contributed by atoms with E-state index in [4.69, 9.17) is 5.73 Å². The van der Waals surface area contributed by atoms with Gasteiger partial charge in [0.15, 0.2) is 0 Å². The van der Waals surface area contributed by atoms with E-state index in [9.17, 15) is 9.18 Å². The number of aromatic nitrogens is 2. The zero-order valence-electron chi connectivity index (χ0n) is 8.50. The van der Waals surface area contributed by atoms with E-state index in [0.717, 1.165) is 0 Å². The van der Waals surface area contributed by atoms with Crippen molar-refractivity contribution in [2.45, 2.75) is 0 Å². The molecule has 1 aromatic carbocycles. The molecule has 0 aliphatic carbocycles. The zero-order chi connectivity index (χ0) is 12.4. The Labute approximate surface area is 104 Å². The summed E-state index contributed by atoms with van der Waals surface area (Å²) in [5.74, 6) is -0.829. The Morgan fingerprint density at radius 3 is 2.88 bits per heavy atom. The third-order valence-corrected chi connectivity index (χ3v) is 2.51. The number of benzene rings is 1. The largest absolute Gasteiger partial charge is 0.382 e. The molecule has 1 heterocycles. The standard InChI is InChI=1S/C10H8BrFN4O/c11-5-1-2-6(12)7(3-5)14-10(17)8-4-9(13)16-15-8/h1-4H,(H,14,17)(H3,13,15,16). The van der Waals surface area contributed by atoms with Crippen molar-refractivity contribution in [2.75, 3.05) is 11.1 Å². The van der Waals surface area contributed by atoms with Crippen LogP contribution in [0.25, 0.3) is 0 Å². The Bertz CT molecular complexity index is 569. The van der Waals surface area contributed by atoms with E-state index < -0.39 is 11.7 Å². The fraction of sp³-hybridized carbons (Fsp3) is 0. The van der Waals surface area contributed by atoms with Gasteiger partial charge < -0.3 is 11.1 Å². The fourth-order valence-electron chi connectivity index (χ4n) is 1.24. The number of nitrogens with zero attached hydrogens (tertiary/aromatic N) is 1. The van der Waals surface area contributed by atoms with Gasteiger partial charge in [-0.15, -0.1) is 0 Å². The molecule has 1 amide bonds. The Balaban J connectivity index is 2.21. The van der Waals surface area contributed by atoms with Gasteiger partial charge in [0.25, 0.3) is 5.91 Å². The van der Waals surface area contributed by atoms with Crippen LogP contribution >= 0.6 is 15.9 Å². The van der Waals surface area contributed by atoms with Crippen molar-refractivity contribution in [3.8, 4) is 0 Å². The topological polar surface area (TPSA) is 83.8 Å². The summed E-state index contributed by atoms with van der Waals surface area (Å²) in [7, 11) is 0. The molecule has 4 N–H and O–H groups in total. The number of halogens is 2. The van der Waals surface area contributed by atoms with Crippen LogP contribution in [0.5, 0.6) is 0 Å². The molecular formula is C10H8BrFN4O. The molecule has 0 radical (unpaired) electrons. The van der Waals surface area contributed by atoms with Gasteiger partial charge in [0.2, 0.25) is 0 Å². The van der Waals surface area contributed by atoms with E-state index >= 15 is 0 Å². The van der Waals surface area contributed by atoms with Crippen LogP contribution in [0.2, 0.25) is 0 Å². The Hall–Kier alpha value is -1.89. The maximum Gasteiger partial charge on any atom is 0.273 e. The lowest BCUT2D eigenvalue weighted by molar-refractivity contribution is 0.102. The first-order valence-corrected chi connectivity index (χ1v) is 5.43. The lowest BCUT2D eigenvalue weighted by atomic mass is 10.3. The predicted molar refractivity (Wildman–Crippen MR) is 65.1 cm³/mol. The number of nitrogen functional groups attached to an aromatic ring is 1. The van der Waals surface area contributed by atoms with E-state index in [-0.39, 0.29) is 17.2 Å². The van der Waals surface area contributed by atoms with Crippen molar-refractivity contribution in [3.05, 3.63) is 40.2 Å². The number of hydrogen-bond acceptors (Lipinski definition) is 3. The number of rotatable bonds is 2. The van der Waals surface area contributed by atoms with Crippen molar-refractivity contribution in [3.63, 3.8) is 0 Å². The van der Waals surface area contributed by atoms with Crippen molar-refractivity contribution in [1.82, 2.24) is 10.2 Å². The van der Waals surface area contributed by atoms with Crippen molar-refractivity contribution in [2.24, 2.45) is 0 Å². The fourth-order valence-corrected chi connectivity index (χ4v) is 1.60. The normalized spacial score (nSPS) is 10.2. The summed E-state index contributed by atoms with van der Waals surface area (Å²) in [5, 5.41) is 8.46. The summed E-state index contributed by atoms with van der Waals surface area (Å²) in [6, 6.07) is 5.62. The molecule has 0 spiro atoms. The maximum absolute atomic E-state index is 13.4. The quantitative estimate of drug-likeness (QED) is 0.794. The molecular weight excluding hydrogens is 291 g/mol. The molecule has 0 saturated heterocycles. The highest BCUT2D eigenvalue weighted by Gasteiger charge is 2.11. The average molecular weight is 299 g/mol. The Kier molecular flexibility index (Phi) is 3.10. The third-order valence-electron chi connectivity index (χ3n) is 2.02. The molecule has 0 unspecified atom stereocenters. The van der Waals surface area contributed by atoms with Crippen LogP contribution in [-0.2, 0) is 0 Å². The number of carbonyl (C=O) groups is 1. The molecule has 17 heavy (non-hydrogen) atoms. The number of aromatic amines is 1. The van der Waals surface area contributed by atoms with E-state index in [1.54, 1.807) is 6.07 Å². The summed E-state index contributed by atoms with van der Waals surface area (Å²) in [5.41, 5.74) is 5.61. The minimum Gasteiger partial charge on any atom is -0.382 e. The molecule has 0 fully saturated rings. The number of hydrogen-bond donors (Lipinski definition) is 3. The summed E-state index contributed by atoms with van der Waals surface area (Å²) in [6.45, 7) is 0. The van der Waals surface area contributed by atoms with Gasteiger partial charge >= 0.3 is 0 Å². The average Bonchev–Trinajstić information content (AvgIpc) is 2.70. The molecule has 2 rings (SSSR count). The molecule has 0 atom stereocenters. The third kappa shape index (κ3) is 2.62. The molecule has 0 bridgehead atoms. The van der Waals surface area contributed by atoms with E-state index in [2.05, 4.69) is 31.4 Å². The highest BCUT2D eigenvalue weighted by Crippen LogP contribution is 2.20. The first kappa shape index (κ1) is 11.6. The Morgan fingerprint density at radius 2 is 2.24 bits per heavy atom. The van der Waals surface area contributed by atoms with Crippen LogP contribution in [0.15, 0.2) is 28.7 Å². The van der Waals surface area contributed by atoms with E-state index in [1.165, 1.54) is 18.2 Å². The summed E-state index contributed by atoms with van der Waals surface area (Å²) in [4.78, 5) is 11.7. The van der Waals surface area contributed by atoms with Gasteiger partial charge in [0, 0.05) is 10.5 Å². The van der Waals surface area contributed by atoms with Crippen molar-refractivity contribution < 1.29 is 9.18 Å². The molecule has 1 aromatic heterocycles. The number of nitrogens with one attached hydrogen (secondary N) is 2. The van der Waals surface area contributed by atoms with Gasteiger partial charge in [-0.1, -0.05) is 15.9 Å². The van der Waals surface area contributed by atoms with Gasteiger partial charge in [-0.25, -0.2) is 4.39 Å². The van der Waals surface area contributed by atoms with Gasteiger partial charge in [0.05, 0.1) is 5.69 Å². The minimum absolute atomic E-state index is 0.0811. The van der Waals surface area contributed by atoms with Crippen LogP contribution in [0.4, 0.5) is 15.9 Å². The highest BCUT2D eigenvalue weighted by atomic mass is 79.9. The number of carbonyl (C=O) groups excluding carboxylic acids is 1. The second-order valence-corrected chi connectivity index (χ2v) is 4.20. The van der Waals surface area contributed by atoms with Crippen LogP contribution in [0.3, 0.4) is 0 Å². The molecule has 7 heteroatoms. The van der Waals surface area contributed by atoms with Gasteiger partial charge in [-0.3, -0.25) is 9.89 Å². The number of anilines is 2. The molecule has 0 aliphatic rings. The van der Waals surface area contributed by atoms with Crippen molar-refractivity contribution >= 4 is 33.3 Å². The van der Waals surface area contributed by atoms with Gasteiger partial charge in [0.1, 0.15) is 17.3 Å². The van der Waals surface area contributed by atoms with Crippen LogP contribution < -0.4 is 11.1 Å². The van der Waals surface area contributed by atoms with Gasteiger partial charge in [-0.05, 0) is 18.2 Å². The molecule has 0 saturated carbocycles. The monoisotopic (exact) mass is 298 g/mol. The van der Waals surface area contributed by atoms with Crippen molar-refractivity contribution in [1.29, 1.82) is 0 Å². The van der Waals surface area contributed by atoms with Crippen LogP contribution in [0.1, 0.15) is 10.5 Å². The lowest BCUT2D eigenvalue weighted by Crippen LogP contribution is -2.13. The summed E-state index contributed by atoms with van der Waals surface area (Å²) in [6.07, 6.45) is 0. The molecule has 2 aromatic rings. The smallest absolute Gasteiger partial charge is 0.273 e. The number of amides is 1. The van der Waals surface area contributed by atoms with Crippen LogP contribution in [0, 0.1) is 5.82 Å². The second-order valence-electron chi connectivity index (χ2n) is 3.28. The SMILES string of the molecule is Nc1cc(C(=O)Nc2cc(Br)ccc2F)[nH]n1.